The number of rotatable bonds is 6. The number of carboxylic acids is 2. The van der Waals surface area contributed by atoms with Crippen molar-refractivity contribution < 1.29 is 29.3 Å². The second-order valence-electron chi connectivity index (χ2n) is 3.70. The lowest BCUT2D eigenvalue weighted by Crippen LogP contribution is -2.29. The van der Waals surface area contributed by atoms with Crippen LogP contribution in [0.2, 0.25) is 5.02 Å². The monoisotopic (exact) mass is 305 g/mol. The molecule has 8 nitrogen and oxygen atoms in total. The van der Waals surface area contributed by atoms with E-state index in [1.54, 1.807) is 0 Å². The zero-order valence-corrected chi connectivity index (χ0v) is 11.4. The third-order valence-corrected chi connectivity index (χ3v) is 2.88. The van der Waals surface area contributed by atoms with E-state index < -0.39 is 39.9 Å². The van der Waals surface area contributed by atoms with Crippen LogP contribution in [0, 0.1) is 0 Å². The van der Waals surface area contributed by atoms with Crippen LogP contribution in [0.1, 0.15) is 20.8 Å². The lowest BCUT2D eigenvalue weighted by molar-refractivity contribution is -0.111. The standard InChI is InChI=1S/C11H12ClNO7/c1-19-6(20-2)4-13-3-5(10(15)16)9(14)7(12)8(13)11(17)18/h3,6H,4H2,1-2H3,(H,15,16)(H,17,18). The molecule has 0 fully saturated rings. The van der Waals surface area contributed by atoms with Crippen LogP contribution in [0.25, 0.3) is 0 Å². The summed E-state index contributed by atoms with van der Waals surface area (Å²) in [7, 11) is 2.66. The van der Waals surface area contributed by atoms with Gasteiger partial charge in [0.2, 0.25) is 5.43 Å². The van der Waals surface area contributed by atoms with Crippen LogP contribution in [0.3, 0.4) is 0 Å². The van der Waals surface area contributed by atoms with Gasteiger partial charge in [0.05, 0.1) is 6.54 Å². The molecule has 0 aliphatic rings. The molecule has 2 N–H and O–H groups in total. The zero-order valence-electron chi connectivity index (χ0n) is 10.6. The number of hydrogen-bond acceptors (Lipinski definition) is 5. The predicted octanol–water partition coefficient (Wildman–Crippen LogP) is 0.517. The summed E-state index contributed by atoms with van der Waals surface area (Å²) in [5.74, 6) is -2.97. The van der Waals surface area contributed by atoms with E-state index in [9.17, 15) is 14.4 Å². The fraction of sp³-hybridized carbons (Fsp3) is 0.364. The summed E-state index contributed by atoms with van der Waals surface area (Å²) in [6.07, 6.45) is 0.0683. The smallest absolute Gasteiger partial charge is 0.354 e. The van der Waals surface area contributed by atoms with Crippen LogP contribution in [0.4, 0.5) is 0 Å². The topological polar surface area (TPSA) is 115 Å². The highest BCUT2D eigenvalue weighted by molar-refractivity contribution is 6.33. The van der Waals surface area contributed by atoms with Gasteiger partial charge in [-0.05, 0) is 0 Å². The van der Waals surface area contributed by atoms with Crippen LogP contribution in [-0.2, 0) is 16.0 Å². The van der Waals surface area contributed by atoms with Crippen LogP contribution in [0.15, 0.2) is 11.0 Å². The van der Waals surface area contributed by atoms with Crippen molar-refractivity contribution in [3.8, 4) is 0 Å². The molecule has 1 heterocycles. The van der Waals surface area contributed by atoms with Crippen LogP contribution < -0.4 is 5.43 Å². The molecule has 0 aromatic carbocycles. The van der Waals surface area contributed by atoms with Crippen molar-refractivity contribution in [2.24, 2.45) is 0 Å². The zero-order chi connectivity index (χ0) is 15.4. The molecule has 9 heteroatoms. The average molecular weight is 306 g/mol. The Balaban J connectivity index is 3.50. The van der Waals surface area contributed by atoms with Gasteiger partial charge in [-0.25, -0.2) is 9.59 Å². The minimum absolute atomic E-state index is 0.144. The predicted molar refractivity (Wildman–Crippen MR) is 67.4 cm³/mol. The van der Waals surface area contributed by atoms with Gasteiger partial charge < -0.3 is 24.3 Å². The quantitative estimate of drug-likeness (QED) is 0.736. The number of aromatic carboxylic acids is 2. The molecule has 1 aromatic heterocycles. The Morgan fingerprint density at radius 2 is 1.85 bits per heavy atom. The summed E-state index contributed by atoms with van der Waals surface area (Å²) < 4.78 is 10.8. The Kier molecular flexibility index (Phi) is 5.26. The fourth-order valence-corrected chi connectivity index (χ4v) is 1.84. The van der Waals surface area contributed by atoms with E-state index in [0.29, 0.717) is 0 Å². The summed E-state index contributed by atoms with van der Waals surface area (Å²) in [5, 5.41) is 17.3. The highest BCUT2D eigenvalue weighted by Gasteiger charge is 2.23. The van der Waals surface area contributed by atoms with Gasteiger partial charge in [-0.15, -0.1) is 0 Å². The Morgan fingerprint density at radius 1 is 1.30 bits per heavy atom. The molecular weight excluding hydrogens is 294 g/mol. The molecule has 0 atom stereocenters. The summed E-state index contributed by atoms with van der Waals surface area (Å²) in [5.41, 5.74) is -2.22. The Bertz CT molecular complexity index is 591. The Morgan fingerprint density at radius 3 is 2.25 bits per heavy atom. The third kappa shape index (κ3) is 3.16. The van der Waals surface area contributed by atoms with Gasteiger partial charge in [0.1, 0.15) is 16.3 Å². The lowest BCUT2D eigenvalue weighted by Gasteiger charge is -2.18. The minimum atomic E-state index is -1.51. The van der Waals surface area contributed by atoms with Gasteiger partial charge in [0, 0.05) is 20.4 Å². The summed E-state index contributed by atoms with van der Waals surface area (Å²) in [6.45, 7) is -0.144. The van der Waals surface area contributed by atoms with Crippen molar-refractivity contribution in [1.82, 2.24) is 4.57 Å². The number of carboxylic acid groups (broad SMARTS) is 2. The number of aromatic nitrogens is 1. The molecule has 0 radical (unpaired) electrons. The molecular formula is C11H12ClNO7. The van der Waals surface area contributed by atoms with Crippen LogP contribution >= 0.6 is 11.6 Å². The minimum Gasteiger partial charge on any atom is -0.477 e. The number of pyridine rings is 1. The Labute approximate surface area is 118 Å². The molecule has 1 aromatic rings. The van der Waals surface area contributed by atoms with Gasteiger partial charge in [-0.1, -0.05) is 11.6 Å². The largest absolute Gasteiger partial charge is 0.477 e. The number of hydrogen-bond donors (Lipinski definition) is 2. The van der Waals surface area contributed by atoms with Gasteiger partial charge in [-0.3, -0.25) is 4.79 Å². The second-order valence-corrected chi connectivity index (χ2v) is 4.08. The highest BCUT2D eigenvalue weighted by Crippen LogP contribution is 2.14. The molecule has 0 saturated carbocycles. The lowest BCUT2D eigenvalue weighted by atomic mass is 10.2. The SMILES string of the molecule is COC(Cn1cc(C(=O)O)c(=O)c(Cl)c1C(=O)O)OC. The second kappa shape index (κ2) is 6.51. The van der Waals surface area contributed by atoms with E-state index in [4.69, 9.17) is 31.3 Å². The molecule has 0 amide bonds. The maximum Gasteiger partial charge on any atom is 0.354 e. The maximum absolute atomic E-state index is 11.7. The first-order valence-electron chi connectivity index (χ1n) is 5.28. The number of carbonyl (C=O) groups is 2. The molecule has 1 rings (SSSR count). The molecule has 0 unspecified atom stereocenters. The van der Waals surface area contributed by atoms with Crippen molar-refractivity contribution in [2.75, 3.05) is 14.2 Å². The van der Waals surface area contributed by atoms with E-state index in [0.717, 1.165) is 10.8 Å². The number of halogens is 1. The van der Waals surface area contributed by atoms with E-state index in [1.165, 1.54) is 14.2 Å². The van der Waals surface area contributed by atoms with E-state index in [-0.39, 0.29) is 6.54 Å². The highest BCUT2D eigenvalue weighted by atomic mass is 35.5. The van der Waals surface area contributed by atoms with Crippen LogP contribution in [-0.4, -0.2) is 47.2 Å². The first-order chi connectivity index (χ1) is 9.33. The van der Waals surface area contributed by atoms with Gasteiger partial charge in [0.15, 0.2) is 6.29 Å². The van der Waals surface area contributed by atoms with Crippen molar-refractivity contribution in [1.29, 1.82) is 0 Å². The summed E-state index contributed by atoms with van der Waals surface area (Å²) in [6, 6.07) is 0. The van der Waals surface area contributed by atoms with E-state index in [1.807, 2.05) is 0 Å². The molecule has 0 saturated heterocycles. The van der Waals surface area contributed by atoms with Gasteiger partial charge >= 0.3 is 11.9 Å². The molecule has 0 spiro atoms. The molecule has 0 aliphatic carbocycles. The Hall–Kier alpha value is -1.90. The van der Waals surface area contributed by atoms with Crippen molar-refractivity contribution in [2.45, 2.75) is 12.8 Å². The van der Waals surface area contributed by atoms with Gasteiger partial charge in [-0.2, -0.15) is 0 Å². The molecule has 0 aliphatic heterocycles. The van der Waals surface area contributed by atoms with Crippen molar-refractivity contribution in [3.05, 3.63) is 32.7 Å². The number of ether oxygens (including phenoxy) is 2. The maximum atomic E-state index is 11.7. The fourth-order valence-electron chi connectivity index (χ4n) is 1.55. The van der Waals surface area contributed by atoms with Crippen LogP contribution in [0.5, 0.6) is 0 Å². The molecule has 110 valence electrons. The third-order valence-electron chi connectivity index (χ3n) is 2.53. The average Bonchev–Trinajstić information content (AvgIpc) is 2.38. The summed E-state index contributed by atoms with van der Waals surface area (Å²) in [4.78, 5) is 33.8. The van der Waals surface area contributed by atoms with Crippen molar-refractivity contribution >= 4 is 23.5 Å². The first-order valence-corrected chi connectivity index (χ1v) is 5.66. The van der Waals surface area contributed by atoms with E-state index in [2.05, 4.69) is 0 Å². The number of methoxy groups -OCH3 is 2. The van der Waals surface area contributed by atoms with E-state index >= 15 is 0 Å². The van der Waals surface area contributed by atoms with Gasteiger partial charge in [0.25, 0.3) is 0 Å². The number of nitrogens with zero attached hydrogens (tertiary/aromatic N) is 1. The normalized spacial score (nSPS) is 10.8. The molecule has 0 bridgehead atoms. The van der Waals surface area contributed by atoms with Crippen molar-refractivity contribution in [3.63, 3.8) is 0 Å². The first kappa shape index (κ1) is 16.2. The summed E-state index contributed by atoms with van der Waals surface area (Å²) >= 11 is 5.65. The molecule has 20 heavy (non-hydrogen) atoms.